The largest absolute Gasteiger partial charge is 0.354 e. The first kappa shape index (κ1) is 37.3. The van der Waals surface area contributed by atoms with Crippen molar-refractivity contribution in [2.75, 3.05) is 0 Å². The van der Waals surface area contributed by atoms with E-state index >= 15 is 0 Å². The Morgan fingerprint density at radius 1 is 0.796 bits per heavy atom. The van der Waals surface area contributed by atoms with E-state index in [9.17, 15) is 19.9 Å². The summed E-state index contributed by atoms with van der Waals surface area (Å²) in [5.74, 6) is 0.252. The molecule has 49 heavy (non-hydrogen) atoms. The standard InChI is InChI=1S/C13H9ClN2O.C13H11N2O2.C5H6N2O3.Cl3OP/c1-8-12-13(17-16-8)10(14)7-11(15-12)9-5-3-2-4-6-9;1-9-13-12(17-14-9)8-7-11(15(13)16)10-5-3-2-4-6-10;1-3-5(7(8)9)4(2)10-6-3;1-5(2,3)4/h2-7H,1H3;2-8,16H,1H3;1-2H3;/q;+1;;. The molecular weight excluding hydrogens is 741 g/mol. The van der Waals surface area contributed by atoms with Crippen LogP contribution in [0.4, 0.5) is 5.69 Å². The number of nitrogens with zero attached hydrogens (tertiary/aromatic N) is 6. The zero-order valence-electron chi connectivity index (χ0n) is 26.0. The zero-order chi connectivity index (χ0) is 35.9. The van der Waals surface area contributed by atoms with E-state index in [1.165, 1.54) is 13.8 Å². The number of nitro groups is 1. The van der Waals surface area contributed by atoms with Crippen LogP contribution in [0, 0.1) is 37.8 Å². The fraction of sp³-hybridized carbons (Fsp3) is 0.129. The minimum absolute atomic E-state index is 0.0278. The molecule has 5 aromatic heterocycles. The summed E-state index contributed by atoms with van der Waals surface area (Å²) < 4.78 is 25.4. The van der Waals surface area contributed by atoms with E-state index in [-0.39, 0.29) is 11.4 Å². The third kappa shape index (κ3) is 9.78. The van der Waals surface area contributed by atoms with Crippen molar-refractivity contribution in [2.45, 2.75) is 27.7 Å². The summed E-state index contributed by atoms with van der Waals surface area (Å²) in [6.07, 6.45) is 0. The Morgan fingerprint density at radius 3 is 1.88 bits per heavy atom. The predicted octanol–water partition coefficient (Wildman–Crippen LogP) is 10.2. The van der Waals surface area contributed by atoms with E-state index < -0.39 is 10.1 Å². The molecule has 254 valence electrons. The van der Waals surface area contributed by atoms with Crippen LogP contribution < -0.4 is 4.73 Å². The highest BCUT2D eigenvalue weighted by Gasteiger charge is 2.23. The van der Waals surface area contributed by atoms with Crippen LogP contribution in [0.15, 0.2) is 92.4 Å². The molecule has 0 fully saturated rings. The summed E-state index contributed by atoms with van der Waals surface area (Å²) >= 11 is 20.0. The molecule has 0 bridgehead atoms. The Bertz CT molecular complexity index is 2230. The van der Waals surface area contributed by atoms with Gasteiger partial charge in [0.15, 0.2) is 11.4 Å². The lowest BCUT2D eigenvalue weighted by molar-refractivity contribution is -0.876. The molecular formula is C31H26Cl4N6O7P+. The minimum atomic E-state index is -3.22. The highest BCUT2D eigenvalue weighted by atomic mass is 36.0. The summed E-state index contributed by atoms with van der Waals surface area (Å²) in [5.41, 5.74) is 7.66. The minimum Gasteiger partial charge on any atom is -0.354 e. The second kappa shape index (κ2) is 16.3. The van der Waals surface area contributed by atoms with Crippen molar-refractivity contribution >= 4 is 78.4 Å². The van der Waals surface area contributed by atoms with Gasteiger partial charge in [0.2, 0.25) is 16.9 Å². The number of rotatable bonds is 3. The lowest BCUT2D eigenvalue weighted by Crippen LogP contribution is -2.33. The molecule has 5 heterocycles. The number of pyridine rings is 2. The fourth-order valence-corrected chi connectivity index (χ4v) is 4.64. The first-order valence-corrected chi connectivity index (χ1v) is 18.8. The van der Waals surface area contributed by atoms with Gasteiger partial charge in [0.25, 0.3) is 5.69 Å². The molecule has 0 unspecified atom stereocenters. The topological polar surface area (TPSA) is 175 Å². The first-order valence-electron chi connectivity index (χ1n) is 14.0. The Morgan fingerprint density at radius 2 is 1.35 bits per heavy atom. The maximum absolute atomic E-state index is 10.2. The van der Waals surface area contributed by atoms with Crippen LogP contribution in [0.3, 0.4) is 0 Å². The lowest BCUT2D eigenvalue weighted by Gasteiger charge is -2.01. The molecule has 7 aromatic rings. The highest BCUT2D eigenvalue weighted by Crippen LogP contribution is 2.61. The van der Waals surface area contributed by atoms with Crippen molar-refractivity contribution < 1.29 is 33.0 Å². The normalized spacial score (nSPS) is 10.8. The van der Waals surface area contributed by atoms with E-state index in [1.807, 2.05) is 79.7 Å². The molecule has 0 saturated heterocycles. The Hall–Kier alpha value is -4.52. The SMILES string of the molecule is Cc1noc(C)c1[N+](=O)[O-].Cc1noc2c(Cl)cc(-c3ccccc3)nc12.Cc1noc2ccc(-c3ccccc3)[n+](O)c12.O=P(Cl)(Cl)Cl. The van der Waals surface area contributed by atoms with Crippen LogP contribution in [0.1, 0.15) is 22.8 Å². The Kier molecular flexibility index (Phi) is 12.4. The van der Waals surface area contributed by atoms with Gasteiger partial charge in [-0.2, -0.15) is 0 Å². The number of aryl methyl sites for hydroxylation is 4. The summed E-state index contributed by atoms with van der Waals surface area (Å²) in [6, 6.07) is 25.0. The number of hydrogen-bond acceptors (Lipinski definition) is 11. The van der Waals surface area contributed by atoms with Gasteiger partial charge in [-0.25, -0.2) is 4.98 Å². The smallest absolute Gasteiger partial charge is 0.339 e. The third-order valence-corrected chi connectivity index (χ3v) is 6.83. The van der Waals surface area contributed by atoms with Crippen LogP contribution in [-0.2, 0) is 4.57 Å². The maximum atomic E-state index is 10.2. The molecule has 0 saturated carbocycles. The number of hydrogen-bond donors (Lipinski definition) is 1. The van der Waals surface area contributed by atoms with Crippen molar-refractivity contribution in [1.29, 1.82) is 0 Å². The summed E-state index contributed by atoms with van der Waals surface area (Å²) in [5, 5.41) is 28.8. The van der Waals surface area contributed by atoms with Crippen molar-refractivity contribution in [3.63, 3.8) is 0 Å². The number of aromatic nitrogens is 5. The van der Waals surface area contributed by atoms with Gasteiger partial charge in [0.1, 0.15) is 11.2 Å². The number of fused-ring (bicyclic) bond motifs is 2. The molecule has 18 heteroatoms. The molecule has 0 amide bonds. The lowest BCUT2D eigenvalue weighted by atomic mass is 10.1. The average Bonchev–Trinajstić information content (AvgIpc) is 3.74. The van der Waals surface area contributed by atoms with Crippen molar-refractivity contribution in [2.24, 2.45) is 0 Å². The molecule has 13 nitrogen and oxygen atoms in total. The van der Waals surface area contributed by atoms with E-state index in [4.69, 9.17) is 20.6 Å². The van der Waals surface area contributed by atoms with Crippen molar-refractivity contribution in [3.05, 3.63) is 117 Å². The third-order valence-electron chi connectivity index (χ3n) is 6.55. The van der Waals surface area contributed by atoms with Crippen molar-refractivity contribution in [3.8, 4) is 22.5 Å². The van der Waals surface area contributed by atoms with Gasteiger partial charge in [-0.3, -0.25) is 19.9 Å². The van der Waals surface area contributed by atoms with Gasteiger partial charge >= 0.3 is 16.4 Å². The summed E-state index contributed by atoms with van der Waals surface area (Å²) in [7, 11) is 0. The molecule has 1 N–H and O–H groups in total. The monoisotopic (exact) mass is 765 g/mol. The zero-order valence-corrected chi connectivity index (χ0v) is 30.0. The number of benzene rings is 2. The van der Waals surface area contributed by atoms with Crippen LogP contribution in [0.2, 0.25) is 5.02 Å². The van der Waals surface area contributed by atoms with Crippen LogP contribution in [-0.4, -0.2) is 30.6 Å². The fourth-order valence-electron chi connectivity index (χ4n) is 4.41. The molecule has 7 rings (SSSR count). The van der Waals surface area contributed by atoms with Gasteiger partial charge < -0.3 is 13.6 Å². The highest BCUT2D eigenvalue weighted by molar-refractivity contribution is 8.24. The van der Waals surface area contributed by atoms with E-state index in [0.717, 1.165) is 32.8 Å². The Balaban J connectivity index is 0.000000160. The summed E-state index contributed by atoms with van der Waals surface area (Å²) in [6.45, 7) is 6.70. The van der Waals surface area contributed by atoms with E-state index in [1.54, 1.807) is 13.0 Å². The second-order valence-corrected chi connectivity index (χ2v) is 17.1. The van der Waals surface area contributed by atoms with E-state index in [2.05, 4.69) is 58.7 Å². The predicted molar refractivity (Wildman–Crippen MR) is 186 cm³/mol. The first-order chi connectivity index (χ1) is 23.2. The van der Waals surface area contributed by atoms with Crippen LogP contribution in [0.25, 0.3) is 44.7 Å². The average molecular weight is 767 g/mol. The molecule has 0 aliphatic carbocycles. The van der Waals surface area contributed by atoms with Crippen LogP contribution in [0.5, 0.6) is 0 Å². The second-order valence-electron chi connectivity index (χ2n) is 10.0. The van der Waals surface area contributed by atoms with Gasteiger partial charge in [-0.05, 0) is 78.8 Å². The van der Waals surface area contributed by atoms with Gasteiger partial charge in [-0.1, -0.05) is 75.6 Å². The van der Waals surface area contributed by atoms with Gasteiger partial charge in [0.05, 0.1) is 21.2 Å². The van der Waals surface area contributed by atoms with Gasteiger partial charge in [0, 0.05) is 23.3 Å². The molecule has 0 aliphatic heterocycles. The van der Waals surface area contributed by atoms with Crippen molar-refractivity contribution in [1.82, 2.24) is 20.5 Å². The maximum Gasteiger partial charge on any atom is 0.339 e. The number of halogens is 4. The molecule has 2 aromatic carbocycles. The molecule has 0 radical (unpaired) electrons. The Labute approximate surface area is 297 Å². The quantitative estimate of drug-likeness (QED) is 0.0595. The molecule has 0 spiro atoms. The van der Waals surface area contributed by atoms with Crippen LogP contribution >= 0.6 is 50.5 Å². The summed E-state index contributed by atoms with van der Waals surface area (Å²) in [4.78, 5) is 14.2. The molecule has 0 atom stereocenters. The molecule has 0 aliphatic rings. The van der Waals surface area contributed by atoms with E-state index in [0.29, 0.717) is 38.8 Å². The van der Waals surface area contributed by atoms with Gasteiger partial charge in [-0.15, -0.1) is 0 Å².